The standard InChI is InChI=1S/C26H42N2O5Si/c1-8-30-25(31-9-2,26(29,32-10-3)33-11-4)28(20-21-15-13-12-14-16-21)22-17-18-23(27)24(19-22)34(5,6)7/h12-19,29H,8-11,20,27H2,1-7H3. The first kappa shape index (κ1) is 28.3. The van der Waals surface area contributed by atoms with Crippen LogP contribution >= 0.6 is 0 Å². The van der Waals surface area contributed by atoms with Gasteiger partial charge in [-0.05, 0) is 56.6 Å². The largest absolute Gasteiger partial charge is 0.399 e. The summed E-state index contributed by atoms with van der Waals surface area (Å²) in [7, 11) is -1.78. The Bertz CT molecular complexity index is 877. The average Bonchev–Trinajstić information content (AvgIpc) is 2.78. The molecular formula is C26H42N2O5Si. The van der Waals surface area contributed by atoms with E-state index in [4.69, 9.17) is 24.7 Å². The van der Waals surface area contributed by atoms with Crippen molar-refractivity contribution >= 4 is 24.6 Å². The Kier molecular flexibility index (Phi) is 10.1. The number of nitrogens with two attached hydrogens (primary N) is 1. The van der Waals surface area contributed by atoms with Crippen LogP contribution in [0.5, 0.6) is 0 Å². The molecule has 0 aliphatic rings. The van der Waals surface area contributed by atoms with E-state index in [2.05, 4.69) is 25.7 Å². The highest BCUT2D eigenvalue weighted by molar-refractivity contribution is 6.89. The van der Waals surface area contributed by atoms with Crippen molar-refractivity contribution in [2.75, 3.05) is 37.1 Å². The molecule has 8 heteroatoms. The van der Waals surface area contributed by atoms with Gasteiger partial charge in [0.15, 0.2) is 0 Å². The lowest BCUT2D eigenvalue weighted by atomic mass is 10.1. The van der Waals surface area contributed by atoms with Crippen LogP contribution in [-0.2, 0) is 25.5 Å². The lowest BCUT2D eigenvalue weighted by molar-refractivity contribution is -0.485. The van der Waals surface area contributed by atoms with E-state index < -0.39 is 20.0 Å². The summed E-state index contributed by atoms with van der Waals surface area (Å²) < 4.78 is 24.2. The second kappa shape index (κ2) is 12.1. The van der Waals surface area contributed by atoms with Gasteiger partial charge in [-0.1, -0.05) is 50.0 Å². The number of nitrogen functional groups attached to an aromatic ring is 1. The van der Waals surface area contributed by atoms with Crippen LogP contribution in [0.25, 0.3) is 0 Å². The molecule has 0 saturated carbocycles. The second-order valence-electron chi connectivity index (χ2n) is 8.99. The number of nitrogens with zero attached hydrogens (tertiary/aromatic N) is 1. The molecule has 0 spiro atoms. The first-order valence-corrected chi connectivity index (χ1v) is 15.6. The van der Waals surface area contributed by atoms with Gasteiger partial charge in [-0.3, -0.25) is 0 Å². The highest BCUT2D eigenvalue weighted by Gasteiger charge is 2.61. The Hall–Kier alpha value is -1.94. The molecule has 0 heterocycles. The topological polar surface area (TPSA) is 86.4 Å². The number of benzene rings is 2. The first-order chi connectivity index (χ1) is 16.1. The molecule has 0 unspecified atom stereocenters. The maximum absolute atomic E-state index is 11.8. The SMILES string of the molecule is CCOC(O)(OCC)C(OCC)(OCC)N(Cc1ccccc1)c1ccc(N)c([Si](C)(C)C)c1. The van der Waals surface area contributed by atoms with Crippen molar-refractivity contribution in [3.63, 3.8) is 0 Å². The van der Waals surface area contributed by atoms with E-state index in [0.29, 0.717) is 6.54 Å². The lowest BCUT2D eigenvalue weighted by Gasteiger charge is -2.50. The molecule has 0 aromatic heterocycles. The van der Waals surface area contributed by atoms with Crippen LogP contribution in [0.1, 0.15) is 33.3 Å². The molecule has 0 bridgehead atoms. The van der Waals surface area contributed by atoms with Gasteiger partial charge >= 0.3 is 11.9 Å². The summed E-state index contributed by atoms with van der Waals surface area (Å²) in [6.07, 6.45) is 0. The van der Waals surface area contributed by atoms with Crippen LogP contribution in [0.4, 0.5) is 11.4 Å². The average molecular weight is 491 g/mol. The van der Waals surface area contributed by atoms with Gasteiger partial charge in [-0.2, -0.15) is 0 Å². The third-order valence-corrected chi connectivity index (χ3v) is 7.50. The Morgan fingerprint density at radius 2 is 1.35 bits per heavy atom. The molecule has 2 rings (SSSR count). The number of anilines is 2. The molecule has 3 N–H and O–H groups in total. The fourth-order valence-corrected chi connectivity index (χ4v) is 5.58. The van der Waals surface area contributed by atoms with Crippen molar-refractivity contribution < 1.29 is 24.1 Å². The minimum Gasteiger partial charge on any atom is -0.399 e. The van der Waals surface area contributed by atoms with Crippen LogP contribution in [0.2, 0.25) is 19.6 Å². The number of hydrogen-bond acceptors (Lipinski definition) is 7. The number of aliphatic hydroxyl groups is 1. The van der Waals surface area contributed by atoms with Gasteiger partial charge in [0, 0.05) is 44.3 Å². The molecule has 0 atom stereocenters. The predicted molar refractivity (Wildman–Crippen MR) is 141 cm³/mol. The van der Waals surface area contributed by atoms with E-state index in [9.17, 15) is 5.11 Å². The van der Waals surface area contributed by atoms with Gasteiger partial charge in [0.1, 0.15) is 0 Å². The van der Waals surface area contributed by atoms with Gasteiger partial charge in [-0.15, -0.1) is 0 Å². The molecular weight excluding hydrogens is 448 g/mol. The third-order valence-electron chi connectivity index (χ3n) is 5.45. The van der Waals surface area contributed by atoms with Crippen LogP contribution in [0, 0.1) is 0 Å². The van der Waals surface area contributed by atoms with Gasteiger partial charge in [-0.25, -0.2) is 0 Å². The Balaban J connectivity index is 2.84. The van der Waals surface area contributed by atoms with Crippen molar-refractivity contribution in [1.82, 2.24) is 0 Å². The van der Waals surface area contributed by atoms with E-state index in [1.165, 1.54) is 0 Å². The number of rotatable bonds is 14. The molecule has 0 radical (unpaired) electrons. The van der Waals surface area contributed by atoms with Crippen molar-refractivity contribution in [1.29, 1.82) is 0 Å². The molecule has 34 heavy (non-hydrogen) atoms. The Labute approximate surface area is 205 Å². The zero-order chi connectivity index (χ0) is 25.4. The fraction of sp³-hybridized carbons (Fsp3) is 0.538. The molecule has 7 nitrogen and oxygen atoms in total. The van der Waals surface area contributed by atoms with Crippen molar-refractivity contribution in [2.45, 2.75) is 65.8 Å². The van der Waals surface area contributed by atoms with Gasteiger partial charge in [0.2, 0.25) is 0 Å². The van der Waals surface area contributed by atoms with Crippen molar-refractivity contribution in [2.24, 2.45) is 0 Å². The Morgan fingerprint density at radius 1 is 0.824 bits per heavy atom. The van der Waals surface area contributed by atoms with E-state index in [1.54, 1.807) is 13.8 Å². The van der Waals surface area contributed by atoms with Gasteiger partial charge in [0.25, 0.3) is 0 Å². The van der Waals surface area contributed by atoms with Crippen LogP contribution in [-0.4, -0.2) is 51.5 Å². The van der Waals surface area contributed by atoms with E-state index in [0.717, 1.165) is 22.1 Å². The van der Waals surface area contributed by atoms with E-state index >= 15 is 0 Å². The summed E-state index contributed by atoms with van der Waals surface area (Å²) in [5.41, 5.74) is 8.94. The van der Waals surface area contributed by atoms with Crippen LogP contribution < -0.4 is 15.8 Å². The summed E-state index contributed by atoms with van der Waals surface area (Å²) in [6, 6.07) is 15.9. The quantitative estimate of drug-likeness (QED) is 0.232. The molecule has 0 aliphatic heterocycles. The third kappa shape index (κ3) is 6.18. The Morgan fingerprint density at radius 3 is 1.82 bits per heavy atom. The zero-order valence-electron chi connectivity index (χ0n) is 21.8. The van der Waals surface area contributed by atoms with Crippen molar-refractivity contribution in [3.05, 3.63) is 54.1 Å². The normalized spacial score (nSPS) is 12.7. The first-order valence-electron chi connectivity index (χ1n) is 12.1. The summed E-state index contributed by atoms with van der Waals surface area (Å²) in [5, 5.41) is 12.9. The molecule has 0 amide bonds. The lowest BCUT2D eigenvalue weighted by Crippen LogP contribution is -2.70. The van der Waals surface area contributed by atoms with Crippen molar-refractivity contribution in [3.8, 4) is 0 Å². The predicted octanol–water partition coefficient (Wildman–Crippen LogP) is 4.27. The number of ether oxygens (including phenoxy) is 4. The molecule has 2 aromatic carbocycles. The van der Waals surface area contributed by atoms with E-state index in [1.807, 2.05) is 61.2 Å². The van der Waals surface area contributed by atoms with Gasteiger partial charge < -0.3 is 34.7 Å². The molecule has 0 aliphatic carbocycles. The summed E-state index contributed by atoms with van der Waals surface area (Å²) in [5.74, 6) is -3.98. The smallest absolute Gasteiger partial charge is 0.360 e. The molecule has 2 aromatic rings. The monoisotopic (exact) mass is 490 g/mol. The van der Waals surface area contributed by atoms with Crippen LogP contribution in [0.15, 0.2) is 48.5 Å². The second-order valence-corrected chi connectivity index (χ2v) is 14.0. The summed E-state index contributed by atoms with van der Waals surface area (Å²) >= 11 is 0. The molecule has 190 valence electrons. The molecule has 0 fully saturated rings. The minimum atomic E-state index is -2.20. The highest BCUT2D eigenvalue weighted by atomic mass is 28.3. The van der Waals surface area contributed by atoms with Gasteiger partial charge in [0.05, 0.1) is 8.07 Å². The minimum absolute atomic E-state index is 0.194. The zero-order valence-corrected chi connectivity index (χ0v) is 22.8. The van der Waals surface area contributed by atoms with Crippen LogP contribution in [0.3, 0.4) is 0 Å². The van der Waals surface area contributed by atoms with E-state index in [-0.39, 0.29) is 26.4 Å². The molecule has 0 saturated heterocycles. The summed E-state index contributed by atoms with van der Waals surface area (Å²) in [4.78, 5) is 1.88. The maximum atomic E-state index is 11.8. The maximum Gasteiger partial charge on any atom is 0.360 e. The highest BCUT2D eigenvalue weighted by Crippen LogP contribution is 2.39. The number of hydrogen-bond donors (Lipinski definition) is 2. The fourth-order valence-electron chi connectivity index (χ4n) is 4.05. The summed E-state index contributed by atoms with van der Waals surface area (Å²) in [6.45, 7) is 15.3.